The van der Waals surface area contributed by atoms with Crippen molar-refractivity contribution in [2.75, 3.05) is 103 Å². The maximum absolute atomic E-state index is 15.5. The lowest BCUT2D eigenvalue weighted by Crippen LogP contribution is -2.68. The maximum Gasteiger partial charge on any atom is 0.397 e. The van der Waals surface area contributed by atoms with E-state index in [9.17, 15) is 55.1 Å². The van der Waals surface area contributed by atoms with E-state index in [0.29, 0.717) is 38.5 Å². The van der Waals surface area contributed by atoms with Gasteiger partial charge in [0.05, 0.1) is 38.1 Å². The van der Waals surface area contributed by atoms with E-state index in [1.54, 1.807) is 32.9 Å². The molecule has 12 atom stereocenters. The fourth-order valence-corrected chi connectivity index (χ4v) is 16.6. The summed E-state index contributed by atoms with van der Waals surface area (Å²) in [7, 11) is 11.9. The van der Waals surface area contributed by atoms with Crippen LogP contribution in [0.25, 0.3) is 0 Å². The molecule has 7 aliphatic rings. The van der Waals surface area contributed by atoms with Gasteiger partial charge in [0, 0.05) is 89.6 Å². The molecule has 3 heterocycles. The first kappa shape index (κ1) is 87.0. The van der Waals surface area contributed by atoms with Crippen molar-refractivity contribution in [3.05, 3.63) is 12.2 Å². The van der Waals surface area contributed by atoms with Crippen LogP contribution in [0.1, 0.15) is 156 Å². The van der Waals surface area contributed by atoms with Crippen molar-refractivity contribution in [2.45, 2.75) is 240 Å². The van der Waals surface area contributed by atoms with Gasteiger partial charge in [-0.05, 0) is 133 Å². The van der Waals surface area contributed by atoms with Gasteiger partial charge in [-0.15, -0.1) is 0 Å². The van der Waals surface area contributed by atoms with Crippen LogP contribution in [0.15, 0.2) is 12.2 Å². The fraction of sp³-hybridized carbons (Fsp3) is 0.808. The van der Waals surface area contributed by atoms with Crippen LogP contribution < -0.4 is 16.0 Å². The van der Waals surface area contributed by atoms with Gasteiger partial charge < -0.3 is 69.5 Å². The average Bonchev–Trinajstić information content (AvgIpc) is 1.71. The maximum atomic E-state index is 15.5. The zero-order chi connectivity index (χ0) is 79.5. The lowest BCUT2D eigenvalue weighted by molar-refractivity contribution is -0.219. The summed E-state index contributed by atoms with van der Waals surface area (Å²) in [5.74, 6) is -17.2. The summed E-state index contributed by atoms with van der Waals surface area (Å²) in [5, 5.41) is 8.28. The zero-order valence-corrected chi connectivity index (χ0v) is 63.8. The number of rotatable bonds is 13. The Labute approximate surface area is 621 Å². The number of amides is 12. The highest BCUT2D eigenvalue weighted by Crippen LogP contribution is 2.46. The molecule has 2 unspecified atom stereocenters. The van der Waals surface area contributed by atoms with Crippen molar-refractivity contribution in [3.63, 3.8) is 0 Å². The van der Waals surface area contributed by atoms with Crippen LogP contribution in [0.3, 0.4) is 0 Å². The van der Waals surface area contributed by atoms with Crippen LogP contribution in [0.4, 0.5) is 35.1 Å². The van der Waals surface area contributed by atoms with Crippen LogP contribution in [0, 0.1) is 35.5 Å². The molecule has 1 spiro atoms. The monoisotopic (exact) mass is 1530 g/mol. The molecular weight excluding hydrogens is 1420 g/mol. The summed E-state index contributed by atoms with van der Waals surface area (Å²) in [5.41, 5.74) is -1.70. The van der Waals surface area contributed by atoms with E-state index in [1.807, 2.05) is 0 Å². The summed E-state index contributed by atoms with van der Waals surface area (Å²) in [6.45, 7) is 2.69. The number of ether oxygens (including phenoxy) is 2. The zero-order valence-electron chi connectivity index (χ0n) is 63.8. The molecule has 0 aromatic carbocycles. The number of carbonyl (C=O) groups excluding carboxylic acids is 12. The smallest absolute Gasteiger partial charge is 0.382 e. The number of hydrogen-bond acceptors (Lipinski definition) is 14. The highest BCUT2D eigenvalue weighted by molar-refractivity contribution is 6.01. The Kier molecular flexibility index (Phi) is 30.4. The molecule has 4 aliphatic carbocycles. The molecule has 12 amide bonds. The molecule has 7 rings (SSSR count). The third-order valence-electron chi connectivity index (χ3n) is 23.5. The highest BCUT2D eigenvalue weighted by Gasteiger charge is 2.56. The van der Waals surface area contributed by atoms with Crippen LogP contribution in [0.2, 0.25) is 0 Å². The van der Waals surface area contributed by atoms with E-state index in [2.05, 4.69) is 16.0 Å². The summed E-state index contributed by atoms with van der Waals surface area (Å²) >= 11 is 0. The van der Waals surface area contributed by atoms with Crippen LogP contribution in [-0.4, -0.2) is 303 Å². The predicted molar refractivity (Wildman–Crippen MR) is 374 cm³/mol. The molecule has 2 bridgehead atoms. The quantitative estimate of drug-likeness (QED) is 0.163. The van der Waals surface area contributed by atoms with Crippen LogP contribution >= 0.6 is 0 Å². The van der Waals surface area contributed by atoms with E-state index in [1.165, 1.54) is 78.2 Å². The Balaban J connectivity index is 1.32. The number of nitrogens with one attached hydrogen (secondary N) is 3. The van der Waals surface area contributed by atoms with Crippen molar-refractivity contribution < 1.29 is 102 Å². The van der Waals surface area contributed by atoms with Crippen molar-refractivity contribution in [1.82, 2.24) is 60.0 Å². The summed E-state index contributed by atoms with van der Waals surface area (Å²) in [6, 6.07) is -11.7. The second-order valence-electron chi connectivity index (χ2n) is 31.0. The van der Waals surface area contributed by atoms with E-state index in [-0.39, 0.29) is 90.3 Å². The van der Waals surface area contributed by atoms with Gasteiger partial charge in [-0.1, -0.05) is 45.3 Å². The SMILES string of the molecule is CCO[C@@H]1C[C@H]2C(=O)NC3(CCC3)C(=O)N(C)[C@@H](C3CCCC3)C(=O)N(C)[C@H](C(=O)N(C)C)CC(=O)N(C)[C@@H](COC)C(=O)N[C@@H]([C@@H](C)CC)C(=O)N(C)CC(=O)N(C)[C@H]3C/C=C\CCN(C3=O)[C@@H](CC3CCC(C(F)(F)F)CC3)C(=O)N(C)CC(=O)N[C@@H](CCC3CC(F)C(C(F)(F)F)C(F)C3)C(=O)N2C1. The van der Waals surface area contributed by atoms with E-state index in [0.717, 1.165) is 29.4 Å². The van der Waals surface area contributed by atoms with Gasteiger partial charge in [0.15, 0.2) is 0 Å². The Morgan fingerprint density at radius 2 is 1.28 bits per heavy atom. The first-order valence-corrected chi connectivity index (χ1v) is 37.7. The molecule has 0 aromatic rings. The molecule has 4 saturated carbocycles. The van der Waals surface area contributed by atoms with Crippen molar-refractivity contribution in [2.24, 2.45) is 35.5 Å². The number of fused-ring (bicyclic) bond motifs is 3. The Hall–Kier alpha value is -7.26. The number of halogens is 8. The third-order valence-corrected chi connectivity index (χ3v) is 23.5. The summed E-state index contributed by atoms with van der Waals surface area (Å²) in [6.07, 6.45) is -13.5. The van der Waals surface area contributed by atoms with Gasteiger partial charge in [0.1, 0.15) is 72.1 Å². The van der Waals surface area contributed by atoms with Gasteiger partial charge in [0.2, 0.25) is 70.9 Å². The minimum atomic E-state index is -5.22. The van der Waals surface area contributed by atoms with Crippen molar-refractivity contribution >= 4 is 70.9 Å². The molecule has 107 heavy (non-hydrogen) atoms. The minimum absolute atomic E-state index is 0.0104. The average molecular weight is 1530 g/mol. The fourth-order valence-electron chi connectivity index (χ4n) is 16.6. The normalized spacial score (nSPS) is 32.1. The van der Waals surface area contributed by atoms with Crippen LogP contribution in [0.5, 0.6) is 0 Å². The molecular formula is C73H112F8N12O14. The third kappa shape index (κ3) is 21.0. The highest BCUT2D eigenvalue weighted by atomic mass is 19.4. The molecule has 0 radical (unpaired) electrons. The molecule has 604 valence electrons. The molecule has 0 aromatic heterocycles. The standard InChI is InChI=1S/C73H112F8N12O14/c1-13-42(3)60-68(103)87(7)40-58(96)88(8)51-23-16-15-19-32-92(67(51)102)54(35-43-24-27-46(28-25-43)72(76,77)78)66(101)86(6)39-56(94)82-50(29-26-44-33-48(74)59(49(75)34-44)73(79,80)81)64(99)93-38-47(107-14-2)36-52(93)63(98)84-71(30-20-31-71)70(105)91(11)61(45-21-17-18-22-45)69(104)90(10)53(65(100)85(4)5)37-57(95)89(9)55(41-106-12)62(97)83-60/h15-16,42-55,59-61H,13-14,17-41H2,1-12H3,(H,82,94)(H,83,97)(H,84,98)/b16-15-/t42-,43?,44?,46?,47+,48?,49?,50-,51-,52-,53-,54-,55-,59?,60-,61-/m0/s1. The predicted octanol–water partition coefficient (Wildman–Crippen LogP) is 4.95. The van der Waals surface area contributed by atoms with Gasteiger partial charge >= 0.3 is 12.4 Å². The topological polar surface area (TPSA) is 289 Å². The molecule has 2 saturated heterocycles. The molecule has 26 nitrogen and oxygen atoms in total. The summed E-state index contributed by atoms with van der Waals surface area (Å²) < 4.78 is 127. The van der Waals surface area contributed by atoms with Crippen molar-refractivity contribution in [3.8, 4) is 0 Å². The second-order valence-corrected chi connectivity index (χ2v) is 31.0. The Morgan fingerprint density at radius 1 is 0.654 bits per heavy atom. The molecule has 34 heteroatoms. The Bertz CT molecular complexity index is 3190. The number of hydrogen-bond donors (Lipinski definition) is 3. The van der Waals surface area contributed by atoms with Gasteiger partial charge in [-0.25, -0.2) is 8.78 Å². The summed E-state index contributed by atoms with van der Waals surface area (Å²) in [4.78, 5) is 190. The second kappa shape index (κ2) is 37.4. The first-order valence-electron chi connectivity index (χ1n) is 37.7. The molecule has 6 fully saturated rings. The van der Waals surface area contributed by atoms with E-state index in [4.69, 9.17) is 9.47 Å². The Morgan fingerprint density at radius 3 is 1.84 bits per heavy atom. The number of nitrogens with zero attached hydrogens (tertiary/aromatic N) is 9. The number of alkyl halides is 8. The molecule has 3 aliphatic heterocycles. The van der Waals surface area contributed by atoms with E-state index < -0.39 is 236 Å². The lowest BCUT2D eigenvalue weighted by atomic mass is 9.74. The number of likely N-dealkylation sites (N-methyl/N-ethyl adjacent to an activating group) is 7. The molecule has 3 N–H and O–H groups in total. The lowest BCUT2D eigenvalue weighted by Gasteiger charge is -2.46. The number of methoxy groups -OCH3 is 1. The number of carbonyl (C=O) groups is 12. The minimum Gasteiger partial charge on any atom is -0.382 e. The van der Waals surface area contributed by atoms with Crippen LogP contribution in [-0.2, 0) is 67.0 Å². The van der Waals surface area contributed by atoms with E-state index >= 15 is 37.5 Å². The first-order chi connectivity index (χ1) is 50.2. The van der Waals surface area contributed by atoms with Crippen molar-refractivity contribution in [1.29, 1.82) is 0 Å². The van der Waals surface area contributed by atoms with Gasteiger partial charge in [-0.2, -0.15) is 26.3 Å². The van der Waals surface area contributed by atoms with Gasteiger partial charge in [0.25, 0.3) is 0 Å². The van der Waals surface area contributed by atoms with Gasteiger partial charge in [-0.3, -0.25) is 57.5 Å². The largest absolute Gasteiger partial charge is 0.397 e.